The van der Waals surface area contributed by atoms with Gasteiger partial charge < -0.3 is 5.32 Å². The third-order valence-corrected chi connectivity index (χ3v) is 6.84. The van der Waals surface area contributed by atoms with Crippen LogP contribution in [0.25, 0.3) is 20.8 Å². The molecule has 5 rings (SSSR count). The van der Waals surface area contributed by atoms with E-state index in [0.717, 1.165) is 26.4 Å². The number of amides is 1. The number of benzene rings is 3. The average Bonchev–Trinajstić information content (AvgIpc) is 3.40. The topological polar surface area (TPSA) is 103 Å². The van der Waals surface area contributed by atoms with E-state index in [1.807, 2.05) is 60.7 Å². The van der Waals surface area contributed by atoms with Crippen molar-refractivity contribution in [3.8, 4) is 10.6 Å². The molecule has 0 aliphatic rings. The second-order valence-electron chi connectivity index (χ2n) is 8.12. The predicted molar refractivity (Wildman–Crippen MR) is 137 cm³/mol. The Morgan fingerprint density at radius 1 is 1.03 bits per heavy atom. The first-order valence-electron chi connectivity index (χ1n) is 10.9. The fourth-order valence-electron chi connectivity index (χ4n) is 4.00. The van der Waals surface area contributed by atoms with E-state index >= 15 is 0 Å². The highest BCUT2D eigenvalue weighted by atomic mass is 32.1. The van der Waals surface area contributed by atoms with Gasteiger partial charge in [-0.3, -0.25) is 19.6 Å². The van der Waals surface area contributed by atoms with Crippen molar-refractivity contribution < 1.29 is 9.72 Å². The summed E-state index contributed by atoms with van der Waals surface area (Å²) in [7, 11) is 0. The van der Waals surface area contributed by atoms with Crippen LogP contribution in [0, 0.1) is 24.0 Å². The number of thiazole rings is 1. The maximum Gasteiger partial charge on any atom is 0.312 e. The molecule has 2 aromatic heterocycles. The summed E-state index contributed by atoms with van der Waals surface area (Å²) in [6.45, 7) is 3.69. The molecule has 35 heavy (non-hydrogen) atoms. The summed E-state index contributed by atoms with van der Waals surface area (Å²) in [5.74, 6) is -0.230. The summed E-state index contributed by atoms with van der Waals surface area (Å²) in [6.07, 6.45) is 0. The largest absolute Gasteiger partial charge is 0.321 e. The van der Waals surface area contributed by atoms with Gasteiger partial charge in [-0.15, -0.1) is 11.3 Å². The van der Waals surface area contributed by atoms with Gasteiger partial charge in [0.25, 0.3) is 5.91 Å². The average molecular weight is 484 g/mol. The molecule has 1 amide bonds. The Morgan fingerprint density at radius 3 is 2.46 bits per heavy atom. The van der Waals surface area contributed by atoms with Gasteiger partial charge in [0.05, 0.1) is 27.4 Å². The van der Waals surface area contributed by atoms with Gasteiger partial charge in [-0.25, -0.2) is 4.98 Å². The van der Waals surface area contributed by atoms with E-state index < -0.39 is 4.92 Å². The summed E-state index contributed by atoms with van der Waals surface area (Å²) in [4.78, 5) is 28.5. The van der Waals surface area contributed by atoms with Crippen LogP contribution in [-0.4, -0.2) is 25.6 Å². The second-order valence-corrected chi connectivity index (χ2v) is 9.15. The zero-order valence-corrected chi connectivity index (χ0v) is 19.9. The molecule has 0 spiro atoms. The number of fused-ring (bicyclic) bond motifs is 1. The Morgan fingerprint density at radius 2 is 1.74 bits per heavy atom. The molecule has 1 N–H and O–H groups in total. The normalized spacial score (nSPS) is 11.0. The van der Waals surface area contributed by atoms with Gasteiger partial charge >= 0.3 is 5.69 Å². The summed E-state index contributed by atoms with van der Waals surface area (Å²) >= 11 is 1.58. The number of nitro groups is 1. The number of aromatic nitrogens is 3. The smallest absolute Gasteiger partial charge is 0.312 e. The zero-order valence-electron chi connectivity index (χ0n) is 19.1. The van der Waals surface area contributed by atoms with Crippen LogP contribution < -0.4 is 5.32 Å². The zero-order chi connectivity index (χ0) is 24.5. The molecule has 0 radical (unpaired) electrons. The van der Waals surface area contributed by atoms with E-state index in [2.05, 4.69) is 10.4 Å². The monoisotopic (exact) mass is 483 g/mol. The lowest BCUT2D eigenvalue weighted by Crippen LogP contribution is -2.13. The van der Waals surface area contributed by atoms with Gasteiger partial charge in [-0.1, -0.05) is 36.4 Å². The lowest BCUT2D eigenvalue weighted by atomic mass is 10.1. The van der Waals surface area contributed by atoms with Gasteiger partial charge in [0.2, 0.25) is 0 Å². The van der Waals surface area contributed by atoms with Crippen molar-refractivity contribution in [3.05, 3.63) is 105 Å². The lowest BCUT2D eigenvalue weighted by molar-refractivity contribution is -0.386. The number of aryl methyl sites for hydroxylation is 1. The molecule has 0 saturated carbocycles. The van der Waals surface area contributed by atoms with Crippen LogP contribution in [0.5, 0.6) is 0 Å². The number of rotatable bonds is 6. The van der Waals surface area contributed by atoms with Crippen LogP contribution in [0.4, 0.5) is 11.4 Å². The molecule has 174 valence electrons. The van der Waals surface area contributed by atoms with Crippen molar-refractivity contribution >= 4 is 38.8 Å². The highest BCUT2D eigenvalue weighted by Gasteiger charge is 2.21. The fourth-order valence-corrected chi connectivity index (χ4v) is 5.01. The minimum Gasteiger partial charge on any atom is -0.321 e. The third kappa shape index (κ3) is 4.41. The highest BCUT2D eigenvalue weighted by Crippen LogP contribution is 2.34. The molecule has 0 bridgehead atoms. The van der Waals surface area contributed by atoms with Crippen LogP contribution in [0.2, 0.25) is 0 Å². The van der Waals surface area contributed by atoms with Gasteiger partial charge in [-0.05, 0) is 55.8 Å². The second kappa shape index (κ2) is 9.11. The van der Waals surface area contributed by atoms with Crippen LogP contribution in [-0.2, 0) is 6.54 Å². The Kier molecular flexibility index (Phi) is 5.84. The molecule has 0 aliphatic carbocycles. The van der Waals surface area contributed by atoms with Gasteiger partial charge in [0.1, 0.15) is 16.4 Å². The molecule has 8 nitrogen and oxygen atoms in total. The summed E-state index contributed by atoms with van der Waals surface area (Å²) < 4.78 is 2.70. The minimum absolute atomic E-state index is 0.0350. The number of carbonyl (C=O) groups is 1. The summed E-state index contributed by atoms with van der Waals surface area (Å²) in [6, 6.07) is 22.7. The predicted octanol–water partition coefficient (Wildman–Crippen LogP) is 5.99. The van der Waals surface area contributed by atoms with Crippen molar-refractivity contribution in [2.24, 2.45) is 0 Å². The van der Waals surface area contributed by atoms with E-state index in [9.17, 15) is 14.9 Å². The SMILES string of the molecule is Cc1nn(Cc2ccc(C(=O)Nc3ccccc3-c3nc4ccccc4s3)cc2)c(C)c1[N+](=O)[O-]. The highest BCUT2D eigenvalue weighted by molar-refractivity contribution is 7.21. The number of anilines is 1. The lowest BCUT2D eigenvalue weighted by Gasteiger charge is -2.10. The molecule has 0 fully saturated rings. The Hall–Kier alpha value is -4.37. The molecular formula is C26H21N5O3S. The van der Waals surface area contributed by atoms with Crippen molar-refractivity contribution in [1.29, 1.82) is 0 Å². The Bertz CT molecular complexity index is 1540. The summed E-state index contributed by atoms with van der Waals surface area (Å²) in [5, 5.41) is 19.4. The fraction of sp³-hybridized carbons (Fsp3) is 0.115. The van der Waals surface area contributed by atoms with E-state index in [1.165, 1.54) is 0 Å². The van der Waals surface area contributed by atoms with Crippen molar-refractivity contribution in [2.45, 2.75) is 20.4 Å². The number of nitrogens with one attached hydrogen (secondary N) is 1. The van der Waals surface area contributed by atoms with E-state index in [-0.39, 0.29) is 11.6 Å². The third-order valence-electron chi connectivity index (χ3n) is 5.77. The quantitative estimate of drug-likeness (QED) is 0.236. The Labute approximate surface area is 205 Å². The molecule has 0 atom stereocenters. The molecule has 5 aromatic rings. The van der Waals surface area contributed by atoms with Crippen molar-refractivity contribution in [2.75, 3.05) is 5.32 Å². The van der Waals surface area contributed by atoms with Gasteiger partial charge in [-0.2, -0.15) is 5.10 Å². The molecular weight excluding hydrogens is 462 g/mol. The molecule has 0 aliphatic heterocycles. The minimum atomic E-state index is -0.409. The van der Waals surface area contributed by atoms with E-state index in [1.54, 1.807) is 42.0 Å². The van der Waals surface area contributed by atoms with Crippen LogP contribution >= 0.6 is 11.3 Å². The molecule has 0 unspecified atom stereocenters. The first kappa shape index (κ1) is 22.4. The number of hydrogen-bond acceptors (Lipinski definition) is 6. The number of nitrogens with zero attached hydrogens (tertiary/aromatic N) is 4. The van der Waals surface area contributed by atoms with Crippen LogP contribution in [0.1, 0.15) is 27.3 Å². The van der Waals surface area contributed by atoms with Crippen LogP contribution in [0.15, 0.2) is 72.8 Å². The molecule has 3 aromatic carbocycles. The van der Waals surface area contributed by atoms with Gasteiger partial charge in [0.15, 0.2) is 0 Å². The van der Waals surface area contributed by atoms with Crippen molar-refractivity contribution in [1.82, 2.24) is 14.8 Å². The molecule has 0 saturated heterocycles. The first-order chi connectivity index (χ1) is 16.9. The van der Waals surface area contributed by atoms with Crippen LogP contribution in [0.3, 0.4) is 0 Å². The molecule has 2 heterocycles. The van der Waals surface area contributed by atoms with Crippen molar-refractivity contribution in [3.63, 3.8) is 0 Å². The van der Waals surface area contributed by atoms with Gasteiger partial charge in [0, 0.05) is 11.1 Å². The van der Waals surface area contributed by atoms with E-state index in [4.69, 9.17) is 4.98 Å². The number of carbonyl (C=O) groups excluding carboxylic acids is 1. The standard InChI is InChI=1S/C26H21N5O3S/c1-16-24(31(33)34)17(2)30(29-16)15-18-11-13-19(14-12-18)25(32)27-21-8-4-3-7-20(21)26-28-22-9-5-6-10-23(22)35-26/h3-14H,15H2,1-2H3,(H,27,32). The Balaban J connectivity index is 1.34. The number of hydrogen-bond donors (Lipinski definition) is 1. The van der Waals surface area contributed by atoms with E-state index in [0.29, 0.717) is 29.2 Å². The first-order valence-corrected chi connectivity index (χ1v) is 11.8. The summed E-state index contributed by atoms with van der Waals surface area (Å²) in [5.41, 5.74) is 4.80. The number of para-hydroxylation sites is 2. The maximum atomic E-state index is 13.0. The molecule has 9 heteroatoms. The maximum absolute atomic E-state index is 13.0.